The molecule has 0 aliphatic heterocycles. The molecule has 0 spiro atoms. The summed E-state index contributed by atoms with van der Waals surface area (Å²) in [5, 5.41) is 8.82. The van der Waals surface area contributed by atoms with Crippen LogP contribution in [0.3, 0.4) is 0 Å². The molecule has 0 aliphatic rings. The molecule has 0 fully saturated rings. The molecule has 0 aliphatic carbocycles. The number of hydrogen-bond acceptors (Lipinski definition) is 3. The third-order valence-electron chi connectivity index (χ3n) is 2.95. The fourth-order valence-electron chi connectivity index (χ4n) is 1.86. The number of nitriles is 1. The predicted molar refractivity (Wildman–Crippen MR) is 83.7 cm³/mol. The first-order chi connectivity index (χ1) is 11.2. The number of rotatable bonds is 3. The summed E-state index contributed by atoms with van der Waals surface area (Å²) in [6, 6.07) is 8.89. The number of amides is 1. The van der Waals surface area contributed by atoms with Gasteiger partial charge in [-0.25, -0.2) is 0 Å². The van der Waals surface area contributed by atoms with Gasteiger partial charge < -0.3 is 0 Å². The fourth-order valence-corrected chi connectivity index (χ4v) is 2.43. The second-order valence-corrected chi connectivity index (χ2v) is 5.36. The van der Waals surface area contributed by atoms with E-state index in [1.807, 2.05) is 0 Å². The Bertz CT molecular complexity index is 811. The predicted octanol–water partition coefficient (Wildman–Crippen LogP) is 4.64. The Hall–Kier alpha value is -2.43. The molecular weight excluding hydrogens is 366 g/mol. The molecule has 0 saturated heterocycles. The van der Waals surface area contributed by atoms with Crippen molar-refractivity contribution >= 4 is 34.8 Å². The zero-order valence-electron chi connectivity index (χ0n) is 11.7. The Morgan fingerprint density at radius 1 is 1.12 bits per heavy atom. The molecule has 2 aromatic carbocycles. The van der Waals surface area contributed by atoms with Crippen molar-refractivity contribution in [3.8, 4) is 6.07 Å². The van der Waals surface area contributed by atoms with Crippen molar-refractivity contribution in [1.82, 2.24) is 5.43 Å². The van der Waals surface area contributed by atoms with E-state index in [9.17, 15) is 18.0 Å². The Morgan fingerprint density at radius 2 is 1.75 bits per heavy atom. The van der Waals surface area contributed by atoms with Gasteiger partial charge in [-0.3, -0.25) is 15.6 Å². The molecule has 9 heteroatoms. The summed E-state index contributed by atoms with van der Waals surface area (Å²) in [6.07, 6.45) is -4.71. The van der Waals surface area contributed by atoms with Crippen LogP contribution in [-0.2, 0) is 6.18 Å². The van der Waals surface area contributed by atoms with E-state index in [-0.39, 0.29) is 21.2 Å². The SMILES string of the molecule is N#Cc1ccc(NNC(=O)c2c(Cl)cccc2Cl)c(C(F)(F)F)c1. The molecule has 0 aromatic heterocycles. The van der Waals surface area contributed by atoms with E-state index >= 15 is 0 Å². The molecule has 0 bridgehead atoms. The van der Waals surface area contributed by atoms with Crippen molar-refractivity contribution in [2.75, 3.05) is 5.43 Å². The van der Waals surface area contributed by atoms with Crippen LogP contribution >= 0.6 is 23.2 Å². The Morgan fingerprint density at radius 3 is 2.29 bits per heavy atom. The normalized spacial score (nSPS) is 10.8. The van der Waals surface area contributed by atoms with Gasteiger partial charge >= 0.3 is 6.18 Å². The van der Waals surface area contributed by atoms with Crippen LogP contribution in [-0.4, -0.2) is 5.91 Å². The minimum atomic E-state index is -4.71. The quantitative estimate of drug-likeness (QED) is 0.770. The van der Waals surface area contributed by atoms with E-state index < -0.39 is 23.3 Å². The maximum absolute atomic E-state index is 13.0. The Kier molecular flexibility index (Phi) is 5.22. The number of carbonyl (C=O) groups excluding carboxylic acids is 1. The first-order valence-electron chi connectivity index (χ1n) is 6.35. The zero-order chi connectivity index (χ0) is 17.9. The number of nitrogens with one attached hydrogen (secondary N) is 2. The minimum absolute atomic E-state index is 0.0534. The second kappa shape index (κ2) is 6.99. The second-order valence-electron chi connectivity index (χ2n) is 4.55. The van der Waals surface area contributed by atoms with Crippen LogP contribution < -0.4 is 10.9 Å². The summed E-state index contributed by atoms with van der Waals surface area (Å²) in [7, 11) is 0. The lowest BCUT2D eigenvalue weighted by atomic mass is 10.1. The third-order valence-corrected chi connectivity index (χ3v) is 3.58. The monoisotopic (exact) mass is 373 g/mol. The summed E-state index contributed by atoms with van der Waals surface area (Å²) in [5.74, 6) is -0.803. The summed E-state index contributed by atoms with van der Waals surface area (Å²) >= 11 is 11.7. The Labute approximate surface area is 144 Å². The molecule has 0 unspecified atom stereocenters. The van der Waals surface area contributed by atoms with Gasteiger partial charge in [-0.15, -0.1) is 0 Å². The first-order valence-corrected chi connectivity index (χ1v) is 7.11. The average molecular weight is 374 g/mol. The van der Waals surface area contributed by atoms with Gasteiger partial charge in [0, 0.05) is 0 Å². The smallest absolute Gasteiger partial charge is 0.298 e. The highest BCUT2D eigenvalue weighted by atomic mass is 35.5. The number of nitrogens with zero attached hydrogens (tertiary/aromatic N) is 1. The standard InChI is InChI=1S/C15H8Cl2F3N3O/c16-10-2-1-3-11(17)13(10)14(24)23-22-12-5-4-8(7-21)6-9(12)15(18,19)20/h1-6,22H,(H,23,24). The van der Waals surface area contributed by atoms with Gasteiger partial charge in [-0.2, -0.15) is 18.4 Å². The van der Waals surface area contributed by atoms with E-state index in [0.29, 0.717) is 6.07 Å². The van der Waals surface area contributed by atoms with Gasteiger partial charge in [0.15, 0.2) is 0 Å². The molecule has 4 nitrogen and oxygen atoms in total. The highest BCUT2D eigenvalue weighted by Crippen LogP contribution is 2.35. The van der Waals surface area contributed by atoms with Gasteiger partial charge in [0.05, 0.1) is 38.5 Å². The van der Waals surface area contributed by atoms with Crippen molar-refractivity contribution < 1.29 is 18.0 Å². The summed E-state index contributed by atoms with van der Waals surface area (Å²) in [4.78, 5) is 12.1. The van der Waals surface area contributed by atoms with Gasteiger partial charge in [-0.05, 0) is 30.3 Å². The van der Waals surface area contributed by atoms with Crippen molar-refractivity contribution in [3.63, 3.8) is 0 Å². The molecule has 124 valence electrons. The highest BCUT2D eigenvalue weighted by Gasteiger charge is 2.34. The van der Waals surface area contributed by atoms with Crippen molar-refractivity contribution in [3.05, 3.63) is 63.1 Å². The summed E-state index contributed by atoms with van der Waals surface area (Å²) < 4.78 is 39.1. The van der Waals surface area contributed by atoms with Crippen LogP contribution in [0.1, 0.15) is 21.5 Å². The van der Waals surface area contributed by atoms with Crippen LogP contribution in [0.15, 0.2) is 36.4 Å². The lowest BCUT2D eigenvalue weighted by molar-refractivity contribution is -0.137. The van der Waals surface area contributed by atoms with Crippen molar-refractivity contribution in [2.24, 2.45) is 0 Å². The number of hydrogen-bond donors (Lipinski definition) is 2. The van der Waals surface area contributed by atoms with Crippen molar-refractivity contribution in [2.45, 2.75) is 6.18 Å². The Balaban J connectivity index is 2.27. The van der Waals surface area contributed by atoms with Crippen LogP contribution in [0.2, 0.25) is 10.0 Å². The molecule has 0 saturated carbocycles. The van der Waals surface area contributed by atoms with Gasteiger partial charge in [0.2, 0.25) is 0 Å². The average Bonchev–Trinajstić information content (AvgIpc) is 2.51. The van der Waals surface area contributed by atoms with Crippen LogP contribution in [0.5, 0.6) is 0 Å². The van der Waals surface area contributed by atoms with Gasteiger partial charge in [0.1, 0.15) is 0 Å². The van der Waals surface area contributed by atoms with E-state index in [1.54, 1.807) is 6.07 Å². The van der Waals surface area contributed by atoms with Gasteiger partial charge in [0.25, 0.3) is 5.91 Å². The first kappa shape index (κ1) is 17.9. The maximum atomic E-state index is 13.0. The van der Waals surface area contributed by atoms with E-state index in [1.165, 1.54) is 24.3 Å². The molecule has 0 atom stereocenters. The molecule has 2 N–H and O–H groups in total. The topological polar surface area (TPSA) is 64.9 Å². The zero-order valence-corrected chi connectivity index (χ0v) is 13.2. The lowest BCUT2D eigenvalue weighted by Crippen LogP contribution is -2.31. The molecule has 2 rings (SSSR count). The van der Waals surface area contributed by atoms with E-state index in [4.69, 9.17) is 28.5 Å². The molecule has 2 aromatic rings. The minimum Gasteiger partial charge on any atom is -0.298 e. The summed E-state index contributed by atoms with van der Waals surface area (Å²) in [6.45, 7) is 0. The van der Waals surface area contributed by atoms with E-state index in [0.717, 1.165) is 6.07 Å². The van der Waals surface area contributed by atoms with Crippen LogP contribution in [0, 0.1) is 11.3 Å². The number of anilines is 1. The lowest BCUT2D eigenvalue weighted by Gasteiger charge is -2.16. The van der Waals surface area contributed by atoms with Crippen LogP contribution in [0.4, 0.5) is 18.9 Å². The molecular formula is C15H8Cl2F3N3O. The molecule has 0 radical (unpaired) electrons. The van der Waals surface area contributed by atoms with Crippen molar-refractivity contribution in [1.29, 1.82) is 5.26 Å². The maximum Gasteiger partial charge on any atom is 0.418 e. The fraction of sp³-hybridized carbons (Fsp3) is 0.0667. The van der Waals surface area contributed by atoms with Crippen LogP contribution in [0.25, 0.3) is 0 Å². The molecule has 1 amide bonds. The number of hydrazine groups is 1. The molecule has 0 heterocycles. The van der Waals surface area contributed by atoms with Gasteiger partial charge in [-0.1, -0.05) is 29.3 Å². The third kappa shape index (κ3) is 3.91. The molecule has 24 heavy (non-hydrogen) atoms. The van der Waals surface area contributed by atoms with E-state index in [2.05, 4.69) is 10.9 Å². The number of alkyl halides is 3. The highest BCUT2D eigenvalue weighted by molar-refractivity contribution is 6.39. The summed E-state index contributed by atoms with van der Waals surface area (Å²) in [5.41, 5.74) is 2.54. The number of benzene rings is 2. The number of carbonyl (C=O) groups is 1. The largest absolute Gasteiger partial charge is 0.418 e. The number of halogens is 5.